The number of carbonyl (C=O) groups excluding carboxylic acids is 1. The molecule has 25 heavy (non-hydrogen) atoms. The van der Waals surface area contributed by atoms with Gasteiger partial charge in [0.2, 0.25) is 0 Å². The van der Waals surface area contributed by atoms with Crippen LogP contribution >= 0.6 is 0 Å². The summed E-state index contributed by atoms with van der Waals surface area (Å²) in [6.07, 6.45) is 2.59. The standard InChI is InChI=1S/C19H20N2O4/c20-10-13-7-8-17(16-6-2-1-5-15(13)16)25-12-18(22)21-9-3-4-14(11-21)19(23)24/h1-2,5-8,10,14,20H,3-4,9,11-12H2,(H,23,24). The average molecular weight is 340 g/mol. The van der Waals surface area contributed by atoms with Gasteiger partial charge < -0.3 is 20.2 Å². The summed E-state index contributed by atoms with van der Waals surface area (Å²) in [6.45, 7) is 0.685. The maximum atomic E-state index is 12.4. The van der Waals surface area contributed by atoms with Gasteiger partial charge in [0.05, 0.1) is 5.92 Å². The average Bonchev–Trinajstić information content (AvgIpc) is 2.65. The summed E-state index contributed by atoms with van der Waals surface area (Å²) in [6, 6.07) is 11.1. The molecule has 130 valence electrons. The van der Waals surface area contributed by atoms with E-state index in [1.807, 2.05) is 24.3 Å². The summed E-state index contributed by atoms with van der Waals surface area (Å²) in [5.41, 5.74) is 0.787. The molecule has 6 heteroatoms. The Morgan fingerprint density at radius 2 is 2.00 bits per heavy atom. The van der Waals surface area contributed by atoms with Crippen molar-refractivity contribution in [1.29, 1.82) is 5.41 Å². The summed E-state index contributed by atoms with van der Waals surface area (Å²) in [5.74, 6) is -0.968. The van der Waals surface area contributed by atoms with Crippen molar-refractivity contribution in [3.63, 3.8) is 0 Å². The molecule has 0 bridgehead atoms. The highest BCUT2D eigenvalue weighted by molar-refractivity contribution is 6.01. The van der Waals surface area contributed by atoms with E-state index < -0.39 is 11.9 Å². The third-order valence-corrected chi connectivity index (χ3v) is 4.55. The second kappa shape index (κ2) is 7.34. The number of amides is 1. The Morgan fingerprint density at radius 1 is 1.24 bits per heavy atom. The van der Waals surface area contributed by atoms with E-state index in [4.69, 9.17) is 15.3 Å². The van der Waals surface area contributed by atoms with Gasteiger partial charge in [-0.25, -0.2) is 0 Å². The molecular formula is C19H20N2O4. The number of carbonyl (C=O) groups is 2. The minimum Gasteiger partial charge on any atom is -0.483 e. The molecule has 1 aliphatic rings. The fourth-order valence-electron chi connectivity index (χ4n) is 3.18. The molecule has 0 spiro atoms. The first-order valence-electron chi connectivity index (χ1n) is 8.25. The number of fused-ring (bicyclic) bond motifs is 1. The Labute approximate surface area is 145 Å². The monoisotopic (exact) mass is 340 g/mol. The highest BCUT2D eigenvalue weighted by atomic mass is 16.5. The first-order chi connectivity index (χ1) is 12.1. The molecule has 2 aromatic carbocycles. The van der Waals surface area contributed by atoms with Crippen LogP contribution in [0.4, 0.5) is 0 Å². The van der Waals surface area contributed by atoms with Crippen molar-refractivity contribution in [2.75, 3.05) is 19.7 Å². The van der Waals surface area contributed by atoms with Gasteiger partial charge in [0.15, 0.2) is 6.61 Å². The molecule has 0 aliphatic carbocycles. The molecule has 1 amide bonds. The lowest BCUT2D eigenvalue weighted by Crippen LogP contribution is -2.44. The highest BCUT2D eigenvalue weighted by Crippen LogP contribution is 2.28. The minimum absolute atomic E-state index is 0.125. The SMILES string of the molecule is N=Cc1ccc(OCC(=O)N2CCCC(C(=O)O)C2)c2ccccc12. The zero-order chi connectivity index (χ0) is 17.8. The maximum absolute atomic E-state index is 12.4. The normalized spacial score (nSPS) is 17.3. The number of aliphatic carboxylic acids is 1. The number of hydrogen-bond donors (Lipinski definition) is 2. The van der Waals surface area contributed by atoms with E-state index in [1.54, 1.807) is 17.0 Å². The van der Waals surface area contributed by atoms with Crippen molar-refractivity contribution in [3.05, 3.63) is 42.0 Å². The molecule has 2 N–H and O–H groups in total. The van der Waals surface area contributed by atoms with E-state index in [1.165, 1.54) is 6.21 Å². The highest BCUT2D eigenvalue weighted by Gasteiger charge is 2.28. The van der Waals surface area contributed by atoms with E-state index in [-0.39, 0.29) is 19.1 Å². The summed E-state index contributed by atoms with van der Waals surface area (Å²) in [7, 11) is 0. The minimum atomic E-state index is -0.855. The number of likely N-dealkylation sites (tertiary alicyclic amines) is 1. The van der Waals surface area contributed by atoms with Crippen LogP contribution in [0, 0.1) is 11.3 Å². The first-order valence-corrected chi connectivity index (χ1v) is 8.25. The smallest absolute Gasteiger partial charge is 0.308 e. The summed E-state index contributed by atoms with van der Waals surface area (Å²) in [5, 5.41) is 18.3. The van der Waals surface area contributed by atoms with Crippen molar-refractivity contribution in [1.82, 2.24) is 4.90 Å². The molecule has 1 atom stereocenters. The van der Waals surface area contributed by atoms with Crippen LogP contribution in [0.25, 0.3) is 10.8 Å². The number of nitrogens with one attached hydrogen (secondary N) is 1. The Hall–Kier alpha value is -2.89. The van der Waals surface area contributed by atoms with Crippen LogP contribution in [-0.2, 0) is 9.59 Å². The lowest BCUT2D eigenvalue weighted by molar-refractivity contribution is -0.146. The summed E-state index contributed by atoms with van der Waals surface area (Å²) < 4.78 is 5.72. The number of rotatable bonds is 5. The number of hydrogen-bond acceptors (Lipinski definition) is 4. The van der Waals surface area contributed by atoms with Crippen molar-refractivity contribution in [3.8, 4) is 5.75 Å². The van der Waals surface area contributed by atoms with Crippen molar-refractivity contribution in [2.45, 2.75) is 12.8 Å². The number of nitrogens with zero attached hydrogens (tertiary/aromatic N) is 1. The Morgan fingerprint density at radius 3 is 2.72 bits per heavy atom. The molecule has 1 saturated heterocycles. The second-order valence-electron chi connectivity index (χ2n) is 6.15. The quantitative estimate of drug-likeness (QED) is 0.818. The van der Waals surface area contributed by atoms with E-state index >= 15 is 0 Å². The molecule has 1 heterocycles. The Bertz CT molecular complexity index is 818. The second-order valence-corrected chi connectivity index (χ2v) is 6.15. The molecule has 0 radical (unpaired) electrons. The number of ether oxygens (including phenoxy) is 1. The van der Waals surface area contributed by atoms with Gasteiger partial charge in [0.1, 0.15) is 5.75 Å². The molecule has 2 aromatic rings. The van der Waals surface area contributed by atoms with Gasteiger partial charge in [0, 0.05) is 30.3 Å². The van der Waals surface area contributed by atoms with Crippen molar-refractivity contribution < 1.29 is 19.4 Å². The molecule has 1 aliphatic heterocycles. The zero-order valence-electron chi connectivity index (χ0n) is 13.8. The van der Waals surface area contributed by atoms with Crippen LogP contribution in [0.3, 0.4) is 0 Å². The van der Waals surface area contributed by atoms with Gasteiger partial charge in [-0.15, -0.1) is 0 Å². The van der Waals surface area contributed by atoms with Gasteiger partial charge in [-0.05, 0) is 30.4 Å². The fourth-order valence-corrected chi connectivity index (χ4v) is 3.18. The Kier molecular flexibility index (Phi) is 4.97. The molecule has 3 rings (SSSR count). The number of piperidine rings is 1. The first kappa shape index (κ1) is 17.0. The fraction of sp³-hybridized carbons (Fsp3) is 0.316. The van der Waals surface area contributed by atoms with Crippen molar-refractivity contribution in [2.24, 2.45) is 5.92 Å². The van der Waals surface area contributed by atoms with Gasteiger partial charge >= 0.3 is 5.97 Å². The van der Waals surface area contributed by atoms with E-state index in [0.717, 1.165) is 16.3 Å². The third kappa shape index (κ3) is 3.63. The lowest BCUT2D eigenvalue weighted by atomic mass is 9.98. The predicted octanol–water partition coefficient (Wildman–Crippen LogP) is 2.54. The molecule has 1 unspecified atom stereocenters. The molecular weight excluding hydrogens is 320 g/mol. The molecule has 1 fully saturated rings. The topological polar surface area (TPSA) is 90.7 Å². The van der Waals surface area contributed by atoms with Gasteiger partial charge in [-0.2, -0.15) is 0 Å². The van der Waals surface area contributed by atoms with Crippen LogP contribution in [0.1, 0.15) is 18.4 Å². The maximum Gasteiger partial charge on any atom is 0.308 e. The van der Waals surface area contributed by atoms with Crippen molar-refractivity contribution >= 4 is 28.9 Å². The predicted molar refractivity (Wildman–Crippen MR) is 94.3 cm³/mol. The van der Waals surface area contributed by atoms with E-state index in [2.05, 4.69) is 0 Å². The van der Waals surface area contributed by atoms with E-state index in [0.29, 0.717) is 25.1 Å². The van der Waals surface area contributed by atoms with Crippen LogP contribution < -0.4 is 4.74 Å². The van der Waals surface area contributed by atoms with Gasteiger partial charge in [0.25, 0.3) is 5.91 Å². The largest absolute Gasteiger partial charge is 0.483 e. The van der Waals surface area contributed by atoms with E-state index in [9.17, 15) is 9.59 Å². The summed E-state index contributed by atoms with van der Waals surface area (Å²) in [4.78, 5) is 25.1. The van der Waals surface area contributed by atoms with Crippen LogP contribution in [0.15, 0.2) is 36.4 Å². The van der Waals surface area contributed by atoms with Crippen LogP contribution in [0.2, 0.25) is 0 Å². The number of benzene rings is 2. The summed E-state index contributed by atoms with van der Waals surface area (Å²) >= 11 is 0. The molecule has 0 aromatic heterocycles. The lowest BCUT2D eigenvalue weighted by Gasteiger charge is -2.30. The van der Waals surface area contributed by atoms with Gasteiger partial charge in [-0.3, -0.25) is 9.59 Å². The molecule has 0 saturated carbocycles. The number of carboxylic acid groups (broad SMARTS) is 1. The Balaban J connectivity index is 1.71. The molecule has 6 nitrogen and oxygen atoms in total. The van der Waals surface area contributed by atoms with Gasteiger partial charge in [-0.1, -0.05) is 24.3 Å². The van der Waals surface area contributed by atoms with Crippen LogP contribution in [-0.4, -0.2) is 47.8 Å². The number of carboxylic acids is 1. The third-order valence-electron chi connectivity index (χ3n) is 4.55. The van der Waals surface area contributed by atoms with Crippen LogP contribution in [0.5, 0.6) is 5.75 Å². The zero-order valence-corrected chi connectivity index (χ0v) is 13.8.